The monoisotopic (exact) mass is 274 g/mol. The molecular weight excluding hydrogens is 256 g/mol. The van der Waals surface area contributed by atoms with Gasteiger partial charge in [-0.2, -0.15) is 0 Å². The fourth-order valence-electron chi connectivity index (χ4n) is 3.13. The number of rotatable bonds is 3. The Balaban J connectivity index is 1.62. The number of hydrogen-bond acceptors (Lipinski definition) is 4. The Bertz CT molecular complexity index is 610. The van der Waals surface area contributed by atoms with E-state index in [1.54, 1.807) is 0 Å². The van der Waals surface area contributed by atoms with Crippen molar-refractivity contribution in [2.45, 2.75) is 44.3 Å². The van der Waals surface area contributed by atoms with Crippen LogP contribution in [0.1, 0.15) is 35.3 Å². The van der Waals surface area contributed by atoms with Crippen molar-refractivity contribution in [3.63, 3.8) is 0 Å². The van der Waals surface area contributed by atoms with E-state index in [9.17, 15) is 4.79 Å². The van der Waals surface area contributed by atoms with Crippen LogP contribution in [0.2, 0.25) is 0 Å². The van der Waals surface area contributed by atoms with Gasteiger partial charge in [0.05, 0.1) is 19.3 Å². The summed E-state index contributed by atoms with van der Waals surface area (Å²) in [6.07, 6.45) is 9.18. The van der Waals surface area contributed by atoms with Gasteiger partial charge in [-0.15, -0.1) is 0 Å². The van der Waals surface area contributed by atoms with Crippen LogP contribution in [0.3, 0.4) is 0 Å². The van der Waals surface area contributed by atoms with E-state index in [-0.39, 0.29) is 17.8 Å². The second-order valence-electron chi connectivity index (χ2n) is 5.78. The van der Waals surface area contributed by atoms with Gasteiger partial charge < -0.3 is 13.9 Å². The fraction of sp³-hybridized carbons (Fsp3) is 0.562. The van der Waals surface area contributed by atoms with Crippen molar-refractivity contribution in [1.82, 2.24) is 0 Å². The van der Waals surface area contributed by atoms with Gasteiger partial charge in [-0.1, -0.05) is 12.2 Å². The van der Waals surface area contributed by atoms with E-state index < -0.39 is 0 Å². The van der Waals surface area contributed by atoms with Crippen LogP contribution >= 0.6 is 0 Å². The van der Waals surface area contributed by atoms with Crippen LogP contribution in [0.5, 0.6) is 0 Å². The average Bonchev–Trinajstić information content (AvgIpc) is 3.29. The Morgan fingerprint density at radius 2 is 2.05 bits per heavy atom. The fourth-order valence-corrected chi connectivity index (χ4v) is 3.13. The summed E-state index contributed by atoms with van der Waals surface area (Å²) in [5.74, 6) is 0.792. The molecule has 2 unspecified atom stereocenters. The van der Waals surface area contributed by atoms with Crippen molar-refractivity contribution in [2.24, 2.45) is 0 Å². The van der Waals surface area contributed by atoms with Gasteiger partial charge in [-0.25, -0.2) is 4.79 Å². The lowest BCUT2D eigenvalue weighted by Crippen LogP contribution is -2.24. The van der Waals surface area contributed by atoms with Crippen LogP contribution in [-0.4, -0.2) is 25.4 Å². The largest absolute Gasteiger partial charge is 0.427 e. The minimum atomic E-state index is -0.141. The Labute approximate surface area is 117 Å². The van der Waals surface area contributed by atoms with Crippen LogP contribution < -0.4 is 5.63 Å². The molecule has 4 nitrogen and oxygen atoms in total. The third-order valence-corrected chi connectivity index (χ3v) is 4.32. The first-order valence-corrected chi connectivity index (χ1v) is 7.40. The van der Waals surface area contributed by atoms with Crippen molar-refractivity contribution in [2.75, 3.05) is 13.2 Å². The standard InChI is InChI=1S/C16H18O4/c17-16-14-4-2-1-3-12(14)13-6-5-10(7-15(13)20-16)18-8-11-9-19-11/h5-6,10-11H,1-4,7-9H2. The smallest absolute Gasteiger partial charge is 0.339 e. The lowest BCUT2D eigenvalue weighted by molar-refractivity contribution is 0.0681. The molecule has 0 bridgehead atoms. The molecule has 4 heteroatoms. The zero-order valence-electron chi connectivity index (χ0n) is 11.4. The molecule has 1 aromatic heterocycles. The second-order valence-corrected chi connectivity index (χ2v) is 5.78. The predicted molar refractivity (Wildman–Crippen MR) is 73.8 cm³/mol. The summed E-state index contributed by atoms with van der Waals surface area (Å²) in [6.45, 7) is 1.43. The second kappa shape index (κ2) is 4.86. The van der Waals surface area contributed by atoms with Gasteiger partial charge in [0.15, 0.2) is 0 Å². The highest BCUT2D eigenvalue weighted by atomic mass is 16.6. The molecule has 2 heterocycles. The molecule has 0 spiro atoms. The summed E-state index contributed by atoms with van der Waals surface area (Å²) < 4.78 is 16.4. The van der Waals surface area contributed by atoms with Gasteiger partial charge in [-0.3, -0.25) is 0 Å². The lowest BCUT2D eigenvalue weighted by Gasteiger charge is -2.23. The molecule has 0 N–H and O–H groups in total. The van der Waals surface area contributed by atoms with E-state index in [2.05, 4.69) is 12.2 Å². The Kier molecular flexibility index (Phi) is 3.00. The van der Waals surface area contributed by atoms with E-state index in [0.29, 0.717) is 13.0 Å². The molecule has 1 aliphatic heterocycles. The molecule has 2 atom stereocenters. The normalized spacial score (nSPS) is 27.0. The van der Waals surface area contributed by atoms with Crippen molar-refractivity contribution in [1.29, 1.82) is 0 Å². The maximum Gasteiger partial charge on any atom is 0.339 e. The van der Waals surface area contributed by atoms with E-state index in [1.165, 1.54) is 5.56 Å². The van der Waals surface area contributed by atoms with Crippen molar-refractivity contribution in [3.8, 4) is 0 Å². The van der Waals surface area contributed by atoms with E-state index >= 15 is 0 Å². The molecule has 20 heavy (non-hydrogen) atoms. The molecule has 1 saturated heterocycles. The van der Waals surface area contributed by atoms with Crippen molar-refractivity contribution in [3.05, 3.63) is 38.9 Å². The van der Waals surface area contributed by atoms with Crippen LogP contribution in [0.15, 0.2) is 15.3 Å². The Morgan fingerprint density at radius 3 is 2.85 bits per heavy atom. The topological polar surface area (TPSA) is 52.0 Å². The van der Waals surface area contributed by atoms with Crippen LogP contribution in [0.25, 0.3) is 6.08 Å². The van der Waals surface area contributed by atoms with Gasteiger partial charge in [0.1, 0.15) is 11.9 Å². The zero-order chi connectivity index (χ0) is 13.5. The third-order valence-electron chi connectivity index (χ3n) is 4.32. The highest BCUT2D eigenvalue weighted by molar-refractivity contribution is 5.60. The SMILES string of the molecule is O=c1oc2c(c3c1CCCC3)C=CC(OCC1CO1)C2. The van der Waals surface area contributed by atoms with Crippen molar-refractivity contribution >= 4 is 6.08 Å². The van der Waals surface area contributed by atoms with E-state index in [4.69, 9.17) is 13.9 Å². The summed E-state index contributed by atoms with van der Waals surface area (Å²) in [5, 5.41) is 0. The third kappa shape index (κ3) is 2.23. The minimum absolute atomic E-state index is 0.00325. The van der Waals surface area contributed by atoms with Gasteiger partial charge in [0.25, 0.3) is 0 Å². The van der Waals surface area contributed by atoms with Gasteiger partial charge >= 0.3 is 5.63 Å². The number of ether oxygens (including phenoxy) is 2. The molecular formula is C16H18O4. The molecule has 106 valence electrons. The summed E-state index contributed by atoms with van der Waals surface area (Å²) in [5.41, 5.74) is 3.09. The Hall–Kier alpha value is -1.39. The maximum absolute atomic E-state index is 12.1. The molecule has 2 aliphatic carbocycles. The number of fused-ring (bicyclic) bond motifs is 3. The van der Waals surface area contributed by atoms with Gasteiger partial charge in [-0.05, 0) is 31.2 Å². The first-order valence-electron chi connectivity index (χ1n) is 7.40. The minimum Gasteiger partial charge on any atom is -0.427 e. The van der Waals surface area contributed by atoms with Crippen LogP contribution in [0.4, 0.5) is 0 Å². The first kappa shape index (κ1) is 12.4. The lowest BCUT2D eigenvalue weighted by atomic mass is 9.87. The van der Waals surface area contributed by atoms with Crippen LogP contribution in [0, 0.1) is 0 Å². The summed E-state index contributed by atoms with van der Waals surface area (Å²) >= 11 is 0. The first-order chi connectivity index (χ1) is 9.81. The average molecular weight is 274 g/mol. The molecule has 4 rings (SSSR count). The molecule has 1 aromatic rings. The van der Waals surface area contributed by atoms with Gasteiger partial charge in [0, 0.05) is 17.5 Å². The number of epoxide rings is 1. The van der Waals surface area contributed by atoms with Crippen LogP contribution in [-0.2, 0) is 28.7 Å². The quantitative estimate of drug-likeness (QED) is 0.790. The van der Waals surface area contributed by atoms with E-state index in [0.717, 1.165) is 49.2 Å². The molecule has 1 fully saturated rings. The van der Waals surface area contributed by atoms with Gasteiger partial charge in [0.2, 0.25) is 0 Å². The predicted octanol–water partition coefficient (Wildman–Crippen LogP) is 1.87. The zero-order valence-corrected chi connectivity index (χ0v) is 11.4. The molecule has 0 saturated carbocycles. The highest BCUT2D eigenvalue weighted by Gasteiger charge is 2.27. The summed E-state index contributed by atoms with van der Waals surface area (Å²) in [7, 11) is 0. The Morgan fingerprint density at radius 1 is 1.25 bits per heavy atom. The highest BCUT2D eigenvalue weighted by Crippen LogP contribution is 2.29. The summed E-state index contributed by atoms with van der Waals surface area (Å²) in [6, 6.07) is 0. The molecule has 0 radical (unpaired) electrons. The molecule has 3 aliphatic rings. The number of hydrogen-bond donors (Lipinski definition) is 0. The maximum atomic E-state index is 12.1. The van der Waals surface area contributed by atoms with Crippen molar-refractivity contribution < 1.29 is 13.9 Å². The molecule has 0 amide bonds. The molecule has 0 aromatic carbocycles. The van der Waals surface area contributed by atoms with E-state index in [1.807, 2.05) is 0 Å². The summed E-state index contributed by atoms with van der Waals surface area (Å²) in [4.78, 5) is 12.1.